The van der Waals surface area contributed by atoms with Crippen molar-refractivity contribution in [2.45, 2.75) is 19.8 Å². The summed E-state index contributed by atoms with van der Waals surface area (Å²) in [6.07, 6.45) is 0. The molecule has 2 nitrogen and oxygen atoms in total. The summed E-state index contributed by atoms with van der Waals surface area (Å²) in [5.74, 6) is 0.405. The van der Waals surface area contributed by atoms with Crippen LogP contribution in [0.25, 0.3) is 4.98 Å². The quantitative estimate of drug-likeness (QED) is 0.575. The first-order chi connectivity index (χ1) is 5.25. The third-order valence-electron chi connectivity index (χ3n) is 1.67. The van der Waals surface area contributed by atoms with Crippen LogP contribution in [0.1, 0.15) is 25.3 Å². The lowest BCUT2D eigenvalue weighted by atomic mass is 10.0. The van der Waals surface area contributed by atoms with Gasteiger partial charge in [-0.05, 0) is 5.92 Å². The molecular weight excluding hydrogens is 172 g/mol. The zero-order valence-corrected chi connectivity index (χ0v) is 7.92. The molecule has 0 aromatic heterocycles. The Morgan fingerprint density at radius 2 is 1.83 bits per heavy atom. The second kappa shape index (κ2) is 4.74. The van der Waals surface area contributed by atoms with Crippen molar-refractivity contribution in [3.63, 3.8) is 0 Å². The fourth-order valence-corrected chi connectivity index (χ4v) is 1.07. The average molecular weight is 183 g/mol. The predicted molar refractivity (Wildman–Crippen MR) is 45.3 cm³/mol. The Labute approximate surface area is 78.6 Å². The molecule has 0 fully saturated rings. The molecule has 3 heteroatoms. The Hall–Kier alpha value is -1.07. The molecular formula is C9H11ClN2. The first-order valence-corrected chi connectivity index (χ1v) is 3.69. The molecule has 64 valence electrons. The van der Waals surface area contributed by atoms with E-state index in [1.807, 2.05) is 18.2 Å². The van der Waals surface area contributed by atoms with Crippen LogP contribution in [0.4, 0.5) is 5.69 Å². The zero-order valence-electron chi connectivity index (χ0n) is 7.16. The van der Waals surface area contributed by atoms with Gasteiger partial charge < -0.3 is 12.4 Å². The van der Waals surface area contributed by atoms with Crippen LogP contribution in [0, 0.1) is 5.39 Å². The minimum Gasteiger partial charge on any atom is -1.00 e. The molecule has 0 aliphatic rings. The van der Waals surface area contributed by atoms with E-state index < -0.39 is 0 Å². The highest BCUT2D eigenvalue weighted by molar-refractivity contribution is 5.52. The molecule has 0 bridgehead atoms. The Morgan fingerprint density at radius 3 is 2.25 bits per heavy atom. The molecule has 0 saturated heterocycles. The normalized spacial score (nSPS) is 8.83. The standard InChI is InChI=1S/C9H11N2.ClH/c1-7(2)8-5-3-4-6-9(8)11-10;/h3-7H,1-2H3;1H/q+1;/p-1. The van der Waals surface area contributed by atoms with Crippen molar-refractivity contribution in [1.29, 1.82) is 5.39 Å². The van der Waals surface area contributed by atoms with Crippen LogP contribution in [-0.4, -0.2) is 0 Å². The fraction of sp³-hybridized carbons (Fsp3) is 0.333. The van der Waals surface area contributed by atoms with E-state index in [0.29, 0.717) is 11.6 Å². The van der Waals surface area contributed by atoms with Crippen LogP contribution in [0.5, 0.6) is 0 Å². The van der Waals surface area contributed by atoms with Crippen molar-refractivity contribution in [2.75, 3.05) is 0 Å². The van der Waals surface area contributed by atoms with Gasteiger partial charge >= 0.3 is 5.69 Å². The Bertz CT molecular complexity index is 289. The van der Waals surface area contributed by atoms with Crippen molar-refractivity contribution >= 4 is 5.69 Å². The maximum atomic E-state index is 8.59. The van der Waals surface area contributed by atoms with Crippen molar-refractivity contribution in [2.24, 2.45) is 0 Å². The zero-order chi connectivity index (χ0) is 8.27. The summed E-state index contributed by atoms with van der Waals surface area (Å²) < 4.78 is 0. The summed E-state index contributed by atoms with van der Waals surface area (Å²) in [4.78, 5) is 3.19. The number of rotatable bonds is 1. The molecule has 0 saturated carbocycles. The van der Waals surface area contributed by atoms with Gasteiger partial charge in [-0.1, -0.05) is 32.0 Å². The van der Waals surface area contributed by atoms with Crippen molar-refractivity contribution < 1.29 is 12.4 Å². The maximum Gasteiger partial charge on any atom is 0.388 e. The highest BCUT2D eigenvalue weighted by Gasteiger charge is 2.13. The average Bonchev–Trinajstić information content (AvgIpc) is 2.04. The molecule has 0 aliphatic heterocycles. The summed E-state index contributed by atoms with van der Waals surface area (Å²) in [7, 11) is 0. The number of halogens is 1. The minimum atomic E-state index is 0. The first kappa shape index (κ1) is 10.9. The molecule has 0 aliphatic carbocycles. The SMILES string of the molecule is CC(C)c1ccccc1[N+]#N.[Cl-]. The molecule has 12 heavy (non-hydrogen) atoms. The van der Waals surface area contributed by atoms with Gasteiger partial charge in [0.25, 0.3) is 0 Å². The van der Waals surface area contributed by atoms with Gasteiger partial charge in [-0.15, -0.1) is 0 Å². The van der Waals surface area contributed by atoms with Gasteiger partial charge in [-0.3, -0.25) is 0 Å². The second-order valence-corrected chi connectivity index (χ2v) is 2.81. The van der Waals surface area contributed by atoms with Crippen molar-refractivity contribution in [3.8, 4) is 0 Å². The molecule has 0 atom stereocenters. The van der Waals surface area contributed by atoms with Gasteiger partial charge in [-0.2, -0.15) is 0 Å². The number of benzene rings is 1. The molecule has 0 unspecified atom stereocenters. The van der Waals surface area contributed by atoms with Crippen LogP contribution < -0.4 is 12.4 Å². The lowest BCUT2D eigenvalue weighted by Gasteiger charge is -1.98. The monoisotopic (exact) mass is 182 g/mol. The van der Waals surface area contributed by atoms with E-state index in [9.17, 15) is 0 Å². The highest BCUT2D eigenvalue weighted by atomic mass is 35.5. The summed E-state index contributed by atoms with van der Waals surface area (Å²) in [5, 5.41) is 8.59. The molecule has 1 aromatic rings. The predicted octanol–water partition coefficient (Wildman–Crippen LogP) is 0.299. The first-order valence-electron chi connectivity index (χ1n) is 3.69. The Kier molecular flexibility index (Phi) is 4.31. The molecule has 1 aromatic carbocycles. The number of hydrogen-bond donors (Lipinski definition) is 0. The molecule has 0 heterocycles. The van der Waals surface area contributed by atoms with Crippen LogP contribution in [0.3, 0.4) is 0 Å². The molecule has 0 amide bonds. The van der Waals surface area contributed by atoms with Crippen molar-refractivity contribution in [1.82, 2.24) is 0 Å². The second-order valence-electron chi connectivity index (χ2n) is 2.81. The topological polar surface area (TPSA) is 28.1 Å². The maximum absolute atomic E-state index is 8.59. The van der Waals surface area contributed by atoms with Crippen LogP contribution in [0.2, 0.25) is 0 Å². The van der Waals surface area contributed by atoms with Crippen LogP contribution in [-0.2, 0) is 0 Å². The van der Waals surface area contributed by atoms with Gasteiger partial charge in [0.15, 0.2) is 4.98 Å². The number of diazo groups is 1. The third-order valence-corrected chi connectivity index (χ3v) is 1.67. The van der Waals surface area contributed by atoms with E-state index in [2.05, 4.69) is 18.8 Å². The van der Waals surface area contributed by atoms with E-state index in [4.69, 9.17) is 5.39 Å². The molecule has 0 spiro atoms. The smallest absolute Gasteiger partial charge is 0.388 e. The van der Waals surface area contributed by atoms with Crippen molar-refractivity contribution in [3.05, 3.63) is 34.8 Å². The van der Waals surface area contributed by atoms with E-state index in [1.54, 1.807) is 6.07 Å². The molecule has 0 N–H and O–H groups in total. The fourth-order valence-electron chi connectivity index (χ4n) is 1.07. The third kappa shape index (κ3) is 2.21. The van der Waals surface area contributed by atoms with Gasteiger partial charge in [0.1, 0.15) is 0 Å². The number of hydrogen-bond acceptors (Lipinski definition) is 1. The highest BCUT2D eigenvalue weighted by Crippen LogP contribution is 2.25. The summed E-state index contributed by atoms with van der Waals surface area (Å²) >= 11 is 0. The van der Waals surface area contributed by atoms with E-state index in [-0.39, 0.29) is 12.4 Å². The Balaban J connectivity index is 0.00000121. The lowest BCUT2D eigenvalue weighted by Crippen LogP contribution is -3.00. The number of nitrogens with zero attached hydrogens (tertiary/aromatic N) is 2. The Morgan fingerprint density at radius 1 is 1.25 bits per heavy atom. The summed E-state index contributed by atoms with van der Waals surface area (Å²) in [6, 6.07) is 7.58. The van der Waals surface area contributed by atoms with E-state index in [0.717, 1.165) is 5.56 Å². The summed E-state index contributed by atoms with van der Waals surface area (Å²) in [6.45, 7) is 4.15. The van der Waals surface area contributed by atoms with Gasteiger partial charge in [0.2, 0.25) is 5.39 Å². The van der Waals surface area contributed by atoms with Crippen LogP contribution >= 0.6 is 0 Å². The molecule has 1 rings (SSSR count). The van der Waals surface area contributed by atoms with Gasteiger partial charge in [0.05, 0.1) is 5.56 Å². The van der Waals surface area contributed by atoms with Gasteiger partial charge in [0, 0.05) is 6.07 Å². The minimum absolute atomic E-state index is 0. The van der Waals surface area contributed by atoms with E-state index >= 15 is 0 Å². The lowest BCUT2D eigenvalue weighted by molar-refractivity contribution is -0.00000263. The van der Waals surface area contributed by atoms with Crippen LogP contribution in [0.15, 0.2) is 24.3 Å². The van der Waals surface area contributed by atoms with E-state index in [1.165, 1.54) is 0 Å². The summed E-state index contributed by atoms with van der Waals surface area (Å²) in [5.41, 5.74) is 1.75. The largest absolute Gasteiger partial charge is 1.00 e. The van der Waals surface area contributed by atoms with Gasteiger partial charge in [-0.25, -0.2) is 0 Å². The molecule has 0 radical (unpaired) electrons.